The number of carbonyl (C=O) groups excluding carboxylic acids is 1. The molecule has 4 nitrogen and oxygen atoms in total. The summed E-state index contributed by atoms with van der Waals surface area (Å²) in [6.45, 7) is 0.236. The average molecular weight is 350 g/mol. The largest absolute Gasteiger partial charge is 0.445 e. The maximum atomic E-state index is 12.7. The van der Waals surface area contributed by atoms with Gasteiger partial charge in [0.15, 0.2) is 0 Å². The summed E-state index contributed by atoms with van der Waals surface area (Å²) in [6.07, 6.45) is -2.14. The normalized spacial score (nSPS) is 11.5. The maximum absolute atomic E-state index is 12.7. The predicted molar refractivity (Wildman–Crippen MR) is 89.5 cm³/mol. The van der Waals surface area contributed by atoms with Crippen LogP contribution in [0, 0.1) is 0 Å². The monoisotopic (exact) mass is 350 g/mol. The Hall–Kier alpha value is -2.96. The van der Waals surface area contributed by atoms with Crippen LogP contribution < -0.4 is 11.1 Å². The molecule has 0 aliphatic rings. The summed E-state index contributed by atoms with van der Waals surface area (Å²) in [4.78, 5) is 11.5. The SMILES string of the molecule is Nc1ccc(C(F)(F)F)cc1C=CCNC(=O)OCc1ccccc1. The number of nitrogens with one attached hydrogen (secondary N) is 1. The van der Waals surface area contributed by atoms with E-state index >= 15 is 0 Å². The zero-order chi connectivity index (χ0) is 18.3. The van der Waals surface area contributed by atoms with Crippen molar-refractivity contribution in [1.82, 2.24) is 5.32 Å². The summed E-state index contributed by atoms with van der Waals surface area (Å²) >= 11 is 0. The molecule has 2 aromatic rings. The Bertz CT molecular complexity index is 744. The van der Waals surface area contributed by atoms with Gasteiger partial charge in [-0.2, -0.15) is 13.2 Å². The highest BCUT2D eigenvalue weighted by Crippen LogP contribution is 2.31. The van der Waals surface area contributed by atoms with Crippen LogP contribution in [0.1, 0.15) is 16.7 Å². The van der Waals surface area contributed by atoms with Crippen LogP contribution >= 0.6 is 0 Å². The van der Waals surface area contributed by atoms with Crippen molar-refractivity contribution in [3.05, 3.63) is 71.3 Å². The number of nitrogen functional groups attached to an aromatic ring is 1. The van der Waals surface area contributed by atoms with E-state index in [1.54, 1.807) is 0 Å². The van der Waals surface area contributed by atoms with E-state index in [0.29, 0.717) is 0 Å². The van der Waals surface area contributed by atoms with Crippen molar-refractivity contribution in [2.24, 2.45) is 0 Å². The van der Waals surface area contributed by atoms with Crippen LogP contribution in [0.5, 0.6) is 0 Å². The van der Waals surface area contributed by atoms with E-state index in [-0.39, 0.29) is 24.4 Å². The molecule has 1 amide bonds. The molecule has 0 atom stereocenters. The summed E-state index contributed by atoms with van der Waals surface area (Å²) in [6, 6.07) is 12.2. The Morgan fingerprint density at radius 2 is 1.88 bits per heavy atom. The smallest absolute Gasteiger partial charge is 0.416 e. The first-order valence-electron chi connectivity index (χ1n) is 7.44. The molecule has 0 aromatic heterocycles. The van der Waals surface area contributed by atoms with E-state index in [4.69, 9.17) is 10.5 Å². The van der Waals surface area contributed by atoms with E-state index in [1.807, 2.05) is 30.3 Å². The van der Waals surface area contributed by atoms with Crippen LogP contribution in [0.25, 0.3) is 6.08 Å². The number of hydrogen-bond acceptors (Lipinski definition) is 3. The molecule has 0 saturated heterocycles. The van der Waals surface area contributed by atoms with Gasteiger partial charge in [0, 0.05) is 12.2 Å². The number of ether oxygens (including phenoxy) is 1. The molecule has 0 aliphatic carbocycles. The molecule has 0 spiro atoms. The molecule has 25 heavy (non-hydrogen) atoms. The second-order valence-corrected chi connectivity index (χ2v) is 5.19. The fourth-order valence-corrected chi connectivity index (χ4v) is 2.00. The van der Waals surface area contributed by atoms with Crippen molar-refractivity contribution in [3.63, 3.8) is 0 Å². The van der Waals surface area contributed by atoms with Gasteiger partial charge in [0.2, 0.25) is 0 Å². The quantitative estimate of drug-likeness (QED) is 0.793. The summed E-state index contributed by atoms with van der Waals surface area (Å²) in [5, 5.41) is 2.48. The molecule has 0 fully saturated rings. The molecule has 2 rings (SSSR count). The zero-order valence-corrected chi connectivity index (χ0v) is 13.2. The lowest BCUT2D eigenvalue weighted by Crippen LogP contribution is -2.24. The molecule has 0 saturated carbocycles. The fourth-order valence-electron chi connectivity index (χ4n) is 2.00. The molecule has 0 unspecified atom stereocenters. The van der Waals surface area contributed by atoms with Crippen LogP contribution in [0.4, 0.5) is 23.7 Å². The van der Waals surface area contributed by atoms with Crippen molar-refractivity contribution in [3.8, 4) is 0 Å². The molecule has 132 valence electrons. The number of alkyl halides is 3. The Morgan fingerprint density at radius 1 is 1.16 bits per heavy atom. The molecule has 0 aliphatic heterocycles. The first kappa shape index (κ1) is 18.4. The van der Waals surface area contributed by atoms with Gasteiger partial charge in [-0.3, -0.25) is 0 Å². The number of halogens is 3. The Labute approximate surface area is 143 Å². The topological polar surface area (TPSA) is 64.3 Å². The van der Waals surface area contributed by atoms with E-state index in [2.05, 4.69) is 5.32 Å². The van der Waals surface area contributed by atoms with E-state index in [1.165, 1.54) is 18.2 Å². The lowest BCUT2D eigenvalue weighted by atomic mass is 10.1. The van der Waals surface area contributed by atoms with Gasteiger partial charge in [-0.1, -0.05) is 42.5 Å². The van der Waals surface area contributed by atoms with Gasteiger partial charge >= 0.3 is 12.3 Å². The van der Waals surface area contributed by atoms with Gasteiger partial charge in [0.25, 0.3) is 0 Å². The minimum atomic E-state index is -4.43. The predicted octanol–water partition coefficient (Wildman–Crippen LogP) is 4.23. The summed E-state index contributed by atoms with van der Waals surface area (Å²) in [7, 11) is 0. The average Bonchev–Trinajstić information content (AvgIpc) is 2.58. The van der Waals surface area contributed by atoms with Crippen LogP contribution in [-0.2, 0) is 17.5 Å². The van der Waals surface area contributed by atoms with Gasteiger partial charge in [0.1, 0.15) is 6.61 Å². The van der Waals surface area contributed by atoms with Crippen LogP contribution in [0.15, 0.2) is 54.6 Å². The third kappa shape index (κ3) is 5.87. The van der Waals surface area contributed by atoms with Crippen LogP contribution in [-0.4, -0.2) is 12.6 Å². The summed E-state index contributed by atoms with van der Waals surface area (Å²) in [5.41, 5.74) is 6.18. The van der Waals surface area contributed by atoms with Crippen molar-refractivity contribution in [1.29, 1.82) is 0 Å². The van der Waals surface area contributed by atoms with Crippen molar-refractivity contribution >= 4 is 17.9 Å². The van der Waals surface area contributed by atoms with Crippen LogP contribution in [0.2, 0.25) is 0 Å². The third-order valence-corrected chi connectivity index (χ3v) is 3.29. The minimum Gasteiger partial charge on any atom is -0.445 e. The maximum Gasteiger partial charge on any atom is 0.416 e. The number of alkyl carbamates (subject to hydrolysis) is 1. The van der Waals surface area contributed by atoms with Gasteiger partial charge < -0.3 is 15.8 Å². The fraction of sp³-hybridized carbons (Fsp3) is 0.167. The highest BCUT2D eigenvalue weighted by molar-refractivity contribution is 5.68. The molecule has 0 bridgehead atoms. The summed E-state index contributed by atoms with van der Waals surface area (Å²) in [5.74, 6) is 0. The Balaban J connectivity index is 1.84. The van der Waals surface area contributed by atoms with Crippen molar-refractivity contribution < 1.29 is 22.7 Å². The van der Waals surface area contributed by atoms with E-state index < -0.39 is 17.8 Å². The number of carbonyl (C=O) groups is 1. The molecule has 7 heteroatoms. The van der Waals surface area contributed by atoms with Crippen LogP contribution in [0.3, 0.4) is 0 Å². The number of benzene rings is 2. The highest BCUT2D eigenvalue weighted by Gasteiger charge is 2.30. The van der Waals surface area contributed by atoms with Gasteiger partial charge in [0.05, 0.1) is 5.56 Å². The minimum absolute atomic E-state index is 0.101. The lowest BCUT2D eigenvalue weighted by Gasteiger charge is -2.09. The van der Waals surface area contributed by atoms with Crippen molar-refractivity contribution in [2.75, 3.05) is 12.3 Å². The second kappa shape index (κ2) is 8.23. The molecule has 3 N–H and O–H groups in total. The zero-order valence-electron chi connectivity index (χ0n) is 13.2. The number of hydrogen-bond donors (Lipinski definition) is 2. The lowest BCUT2D eigenvalue weighted by molar-refractivity contribution is -0.137. The molecular weight excluding hydrogens is 333 g/mol. The first-order chi connectivity index (χ1) is 11.9. The molecule has 2 aromatic carbocycles. The van der Waals surface area contributed by atoms with Gasteiger partial charge in [-0.15, -0.1) is 0 Å². The first-order valence-corrected chi connectivity index (χ1v) is 7.44. The molecule has 0 heterocycles. The second-order valence-electron chi connectivity index (χ2n) is 5.19. The van der Waals surface area contributed by atoms with E-state index in [0.717, 1.165) is 17.7 Å². The standard InChI is InChI=1S/C18H17F3N2O2/c19-18(20,21)15-8-9-16(22)14(11-15)7-4-10-23-17(24)25-12-13-5-2-1-3-6-13/h1-9,11H,10,12,22H2,(H,23,24). The van der Waals surface area contributed by atoms with Gasteiger partial charge in [-0.05, 0) is 29.3 Å². The number of rotatable bonds is 5. The molecule has 0 radical (unpaired) electrons. The van der Waals surface area contributed by atoms with Crippen molar-refractivity contribution in [2.45, 2.75) is 12.8 Å². The Morgan fingerprint density at radius 3 is 2.56 bits per heavy atom. The number of amides is 1. The third-order valence-electron chi connectivity index (χ3n) is 3.29. The van der Waals surface area contributed by atoms with E-state index in [9.17, 15) is 18.0 Å². The highest BCUT2D eigenvalue weighted by atomic mass is 19.4. The summed E-state index contributed by atoms with van der Waals surface area (Å²) < 4.78 is 43.1. The Kier molecular flexibility index (Phi) is 6.05. The number of anilines is 1. The number of nitrogens with two attached hydrogens (primary N) is 1. The van der Waals surface area contributed by atoms with Gasteiger partial charge in [-0.25, -0.2) is 4.79 Å². The molecular formula is C18H17F3N2O2.